The highest BCUT2D eigenvalue weighted by atomic mass is 16.5. The van der Waals surface area contributed by atoms with Crippen LogP contribution < -0.4 is 10.1 Å². The van der Waals surface area contributed by atoms with Crippen molar-refractivity contribution >= 4 is 12.0 Å². The van der Waals surface area contributed by atoms with E-state index in [1.807, 2.05) is 93.6 Å². The van der Waals surface area contributed by atoms with E-state index in [-0.39, 0.29) is 11.3 Å². The Bertz CT molecular complexity index is 317. The molecule has 0 bridgehead atoms. The molecule has 1 N–H and O–H groups in total. The van der Waals surface area contributed by atoms with Gasteiger partial charge in [-0.1, -0.05) is 83.1 Å². The summed E-state index contributed by atoms with van der Waals surface area (Å²) in [6, 6.07) is 7.79. The number of carbonyl (C=O) groups excluding carboxylic acids is 1. The van der Waals surface area contributed by atoms with Gasteiger partial charge < -0.3 is 14.8 Å². The van der Waals surface area contributed by atoms with Crippen LogP contribution in [0.25, 0.3) is 0 Å². The van der Waals surface area contributed by atoms with Gasteiger partial charge in [-0.05, 0) is 29.7 Å². The van der Waals surface area contributed by atoms with Gasteiger partial charge in [0.2, 0.25) is 0 Å². The third kappa shape index (κ3) is 24.7. The number of nitrogens with one attached hydrogen (secondary N) is 1. The molecule has 0 aliphatic heterocycles. The fourth-order valence-electron chi connectivity index (χ4n) is 0.962. The van der Waals surface area contributed by atoms with Crippen LogP contribution in [0.5, 0.6) is 5.75 Å². The highest BCUT2D eigenvalue weighted by molar-refractivity contribution is 5.53. The van der Waals surface area contributed by atoms with Crippen molar-refractivity contribution in [2.45, 2.75) is 83.1 Å². The van der Waals surface area contributed by atoms with Gasteiger partial charge in [-0.25, -0.2) is 0 Å². The Hall–Kier alpha value is -1.51. The minimum absolute atomic E-state index is 0.141. The largest absolute Gasteiger partial charge is 0.497 e. The van der Waals surface area contributed by atoms with Gasteiger partial charge in [0.1, 0.15) is 12.0 Å². The quantitative estimate of drug-likeness (QED) is 0.553. The van der Waals surface area contributed by atoms with Crippen molar-refractivity contribution in [2.75, 3.05) is 19.5 Å². The topological polar surface area (TPSA) is 38.3 Å². The minimum Gasteiger partial charge on any atom is -0.497 e. The summed E-state index contributed by atoms with van der Waals surface area (Å²) in [4.78, 5) is 10.2. The second-order valence-corrected chi connectivity index (χ2v) is 5.27. The number of hydrogen-bond acceptors (Lipinski definition) is 3. The van der Waals surface area contributed by atoms with Crippen LogP contribution in [0.3, 0.4) is 0 Å². The Labute approximate surface area is 165 Å². The second-order valence-electron chi connectivity index (χ2n) is 5.27. The van der Waals surface area contributed by atoms with Gasteiger partial charge in [-0.2, -0.15) is 0 Å². The first kappa shape index (κ1) is 35.6. The van der Waals surface area contributed by atoms with E-state index in [1.54, 1.807) is 7.11 Å². The van der Waals surface area contributed by atoms with Gasteiger partial charge >= 0.3 is 0 Å². The van der Waals surface area contributed by atoms with E-state index in [0.29, 0.717) is 0 Å². The van der Waals surface area contributed by atoms with Crippen LogP contribution in [0.1, 0.15) is 83.1 Å². The number of hydrogen-bond donors (Lipinski definition) is 1. The summed E-state index contributed by atoms with van der Waals surface area (Å²) in [5, 5.41) is 3.02. The van der Waals surface area contributed by atoms with Crippen molar-refractivity contribution in [3.63, 3.8) is 0 Å². The van der Waals surface area contributed by atoms with Gasteiger partial charge in [0.05, 0.1) is 7.11 Å². The smallest absolute Gasteiger partial charge is 0.123 e. The fourth-order valence-corrected chi connectivity index (χ4v) is 0.962. The van der Waals surface area contributed by atoms with E-state index >= 15 is 0 Å². The summed E-state index contributed by atoms with van der Waals surface area (Å²) < 4.78 is 4.99. The first-order valence-corrected chi connectivity index (χ1v) is 10.1. The van der Waals surface area contributed by atoms with Crippen LogP contribution in [0.15, 0.2) is 24.3 Å². The molecule has 158 valence electrons. The third-order valence-electron chi connectivity index (χ3n) is 2.95. The summed E-state index contributed by atoms with van der Waals surface area (Å²) >= 11 is 0. The molecule has 1 rings (SSSR count). The van der Waals surface area contributed by atoms with Crippen LogP contribution in [0.2, 0.25) is 0 Å². The molecule has 0 radical (unpaired) electrons. The van der Waals surface area contributed by atoms with Gasteiger partial charge in [-0.3, -0.25) is 0 Å². The molecular formula is C23H49NO2. The van der Waals surface area contributed by atoms with Crippen LogP contribution in [-0.2, 0) is 4.79 Å². The number of carbonyl (C=O) groups is 1. The zero-order chi connectivity index (χ0) is 22.2. The molecule has 0 saturated heterocycles. The van der Waals surface area contributed by atoms with Crippen molar-refractivity contribution in [3.05, 3.63) is 24.3 Å². The molecule has 1 aromatic rings. The van der Waals surface area contributed by atoms with Crippen molar-refractivity contribution in [1.82, 2.24) is 0 Å². The Kier molecular flexibility index (Phi) is 38.7. The molecule has 0 fully saturated rings. The van der Waals surface area contributed by atoms with Gasteiger partial charge in [0.15, 0.2) is 0 Å². The summed E-state index contributed by atoms with van der Waals surface area (Å²) in [5.41, 5.74) is 1.24. The van der Waals surface area contributed by atoms with E-state index in [4.69, 9.17) is 4.74 Å². The Morgan fingerprint density at radius 3 is 1.38 bits per heavy atom. The molecule has 0 aliphatic rings. The maximum atomic E-state index is 10.2. The van der Waals surface area contributed by atoms with Gasteiger partial charge in [0, 0.05) is 18.7 Å². The molecule has 0 aliphatic carbocycles. The molecule has 26 heavy (non-hydrogen) atoms. The lowest BCUT2D eigenvalue weighted by Crippen LogP contribution is -2.17. The molecule has 0 spiro atoms. The van der Waals surface area contributed by atoms with Crippen molar-refractivity contribution < 1.29 is 9.53 Å². The maximum absolute atomic E-state index is 10.2. The molecule has 0 heterocycles. The average Bonchev–Trinajstić information content (AvgIpc) is 2.73. The molecule has 0 saturated carbocycles. The lowest BCUT2D eigenvalue weighted by Gasteiger charge is -2.21. The predicted octanol–water partition coefficient (Wildman–Crippen LogP) is 7.71. The molecule has 1 atom stereocenters. The number of rotatable bonds is 3. The molecule has 1 aromatic carbocycles. The van der Waals surface area contributed by atoms with E-state index in [0.717, 1.165) is 17.7 Å². The van der Waals surface area contributed by atoms with Gasteiger partial charge in [-0.15, -0.1) is 0 Å². The fraction of sp³-hybridized carbons (Fsp3) is 0.696. The minimum atomic E-state index is 0.141. The van der Waals surface area contributed by atoms with E-state index in [9.17, 15) is 4.79 Å². The van der Waals surface area contributed by atoms with Crippen LogP contribution >= 0.6 is 0 Å². The number of methoxy groups -OCH3 is 1. The van der Waals surface area contributed by atoms with E-state index < -0.39 is 0 Å². The molecule has 1 unspecified atom stereocenters. The van der Waals surface area contributed by atoms with Gasteiger partial charge in [0.25, 0.3) is 0 Å². The average molecular weight is 372 g/mol. The molecule has 0 aromatic heterocycles. The first-order chi connectivity index (χ1) is 12.3. The highest BCUT2D eigenvalue weighted by Gasteiger charge is 2.18. The standard InChI is InChI=1S/C8H11NO.C7H14O.4C2H6/c1-9-7-3-5-8(10-2)6-4-7;1-6(5-8)7(2,3)4;4*1-2/h3-6,9H,1-2H3;5-6H,1-4H3;4*1-2H3. The molecule has 0 amide bonds. The number of benzene rings is 1. The predicted molar refractivity (Wildman–Crippen MR) is 123 cm³/mol. The van der Waals surface area contributed by atoms with Crippen molar-refractivity contribution in [3.8, 4) is 5.75 Å². The Morgan fingerprint density at radius 2 is 1.23 bits per heavy atom. The Balaban J connectivity index is -0.0000000826. The number of anilines is 1. The van der Waals surface area contributed by atoms with E-state index in [2.05, 4.69) is 26.1 Å². The monoisotopic (exact) mass is 371 g/mol. The van der Waals surface area contributed by atoms with Crippen LogP contribution in [-0.4, -0.2) is 20.4 Å². The Morgan fingerprint density at radius 1 is 0.885 bits per heavy atom. The molecule has 3 nitrogen and oxygen atoms in total. The maximum Gasteiger partial charge on any atom is 0.123 e. The normalized spacial score (nSPS) is 9.15. The van der Waals surface area contributed by atoms with Crippen LogP contribution in [0.4, 0.5) is 5.69 Å². The summed E-state index contributed by atoms with van der Waals surface area (Å²) in [6.45, 7) is 24.1. The molecular weight excluding hydrogens is 322 g/mol. The lowest BCUT2D eigenvalue weighted by atomic mass is 9.83. The third-order valence-corrected chi connectivity index (χ3v) is 2.95. The zero-order valence-corrected chi connectivity index (χ0v) is 20.3. The summed E-state index contributed by atoms with van der Waals surface area (Å²) in [6.07, 6.45) is 1.00. The molecule has 3 heteroatoms. The first-order valence-electron chi connectivity index (χ1n) is 10.1. The highest BCUT2D eigenvalue weighted by Crippen LogP contribution is 2.22. The lowest BCUT2D eigenvalue weighted by molar-refractivity contribution is -0.113. The van der Waals surface area contributed by atoms with Crippen molar-refractivity contribution in [1.29, 1.82) is 0 Å². The number of ether oxygens (including phenoxy) is 1. The zero-order valence-electron chi connectivity index (χ0n) is 20.3. The second kappa shape index (κ2) is 28.3. The SMILES string of the molecule is CC.CC.CC.CC.CC(C=O)C(C)(C)C.CNc1ccc(OC)cc1. The van der Waals surface area contributed by atoms with Crippen LogP contribution in [0, 0.1) is 11.3 Å². The number of aldehydes is 1. The summed E-state index contributed by atoms with van der Waals surface area (Å²) in [7, 11) is 3.55. The van der Waals surface area contributed by atoms with Crippen molar-refractivity contribution in [2.24, 2.45) is 11.3 Å². The van der Waals surface area contributed by atoms with E-state index in [1.165, 1.54) is 0 Å². The summed E-state index contributed by atoms with van der Waals surface area (Å²) in [5.74, 6) is 1.06.